The average Bonchev–Trinajstić information content (AvgIpc) is 3.12. The van der Waals surface area contributed by atoms with Gasteiger partial charge in [0.1, 0.15) is 5.78 Å². The number of carbonyl (C=O) groups excluding carboxylic acids is 2. The molecule has 1 fully saturated rings. The number of hydrogen-bond donors (Lipinski definition) is 0. The van der Waals surface area contributed by atoms with Gasteiger partial charge in [-0.05, 0) is 74.9 Å². The quantitative estimate of drug-likeness (QED) is 0.573. The molecule has 1 aliphatic heterocycles. The highest BCUT2D eigenvalue weighted by atomic mass is 35.5. The summed E-state index contributed by atoms with van der Waals surface area (Å²) in [5.74, 6) is 0.281. The van der Waals surface area contributed by atoms with Crippen molar-refractivity contribution in [2.75, 3.05) is 18.0 Å². The zero-order valence-corrected chi connectivity index (χ0v) is 19.4. The Kier molecular flexibility index (Phi) is 6.11. The van der Waals surface area contributed by atoms with Gasteiger partial charge in [-0.1, -0.05) is 42.3 Å². The number of nitrogens with zero attached hydrogens (tertiary/aromatic N) is 2. The molecule has 2 aliphatic rings. The van der Waals surface area contributed by atoms with Crippen LogP contribution in [0.3, 0.4) is 0 Å². The van der Waals surface area contributed by atoms with Crippen LogP contribution in [-0.2, 0) is 23.1 Å². The number of anilines is 1. The second kappa shape index (κ2) is 8.66. The molecule has 0 aromatic heterocycles. The minimum absolute atomic E-state index is 0.0705. The third kappa shape index (κ3) is 3.98. The van der Waals surface area contributed by atoms with E-state index < -0.39 is 0 Å². The number of rotatable bonds is 6. The van der Waals surface area contributed by atoms with Gasteiger partial charge in [0.05, 0.1) is 5.41 Å². The van der Waals surface area contributed by atoms with E-state index in [-0.39, 0.29) is 23.3 Å². The molecule has 0 radical (unpaired) electrons. The lowest BCUT2D eigenvalue weighted by Gasteiger charge is -2.41. The molecule has 31 heavy (non-hydrogen) atoms. The van der Waals surface area contributed by atoms with Crippen LogP contribution in [0.15, 0.2) is 42.5 Å². The van der Waals surface area contributed by atoms with Crippen LogP contribution >= 0.6 is 11.6 Å². The van der Waals surface area contributed by atoms with Crippen molar-refractivity contribution in [2.45, 2.75) is 64.3 Å². The molecular formula is C26H31ClN2O2. The van der Waals surface area contributed by atoms with Crippen molar-refractivity contribution >= 4 is 29.1 Å². The molecule has 4 rings (SSSR count). The zero-order valence-electron chi connectivity index (χ0n) is 18.7. The molecule has 2 aromatic rings. The number of hydrogen-bond acceptors (Lipinski definition) is 2. The molecule has 1 aliphatic carbocycles. The summed E-state index contributed by atoms with van der Waals surface area (Å²) in [6, 6.07) is 14.1. The Labute approximate surface area is 190 Å². The molecule has 1 saturated carbocycles. The summed E-state index contributed by atoms with van der Waals surface area (Å²) < 4.78 is 0. The van der Waals surface area contributed by atoms with Crippen molar-refractivity contribution in [1.29, 1.82) is 0 Å². The van der Waals surface area contributed by atoms with Gasteiger partial charge in [0.2, 0.25) is 0 Å². The highest BCUT2D eigenvalue weighted by molar-refractivity contribution is 6.30. The molecule has 2 aromatic carbocycles. The molecule has 0 bridgehead atoms. The van der Waals surface area contributed by atoms with E-state index in [0.717, 1.165) is 42.5 Å². The van der Waals surface area contributed by atoms with Crippen molar-refractivity contribution in [3.63, 3.8) is 0 Å². The van der Waals surface area contributed by atoms with Crippen molar-refractivity contribution in [1.82, 2.24) is 4.90 Å². The van der Waals surface area contributed by atoms with Gasteiger partial charge < -0.3 is 4.90 Å². The SMILES string of the molecule is CCN(C(=O)N1CCc2cc(C3(C(=O)Cc4ccc(Cl)cc4)CCC3)ccc21)C(C)C. The van der Waals surface area contributed by atoms with Crippen molar-refractivity contribution < 1.29 is 9.59 Å². The molecular weight excluding hydrogens is 408 g/mol. The summed E-state index contributed by atoms with van der Waals surface area (Å²) in [7, 11) is 0. The number of urea groups is 1. The molecule has 0 saturated heterocycles. The van der Waals surface area contributed by atoms with Gasteiger partial charge in [0.15, 0.2) is 0 Å². The normalized spacial score (nSPS) is 16.7. The summed E-state index contributed by atoms with van der Waals surface area (Å²) in [5, 5.41) is 0.686. The van der Waals surface area contributed by atoms with Gasteiger partial charge in [-0.15, -0.1) is 0 Å². The Bertz CT molecular complexity index is 979. The van der Waals surface area contributed by atoms with Gasteiger partial charge in [0, 0.05) is 36.3 Å². The lowest BCUT2D eigenvalue weighted by Crippen LogP contribution is -2.46. The summed E-state index contributed by atoms with van der Waals surface area (Å²) in [5.41, 5.74) is 3.90. The third-order valence-corrected chi connectivity index (χ3v) is 7.24. The Morgan fingerprint density at radius 1 is 1.13 bits per heavy atom. The number of Topliss-reactive ketones (excluding diaryl/α,β-unsaturated/α-hetero) is 1. The van der Waals surface area contributed by atoms with E-state index in [9.17, 15) is 9.59 Å². The number of halogens is 1. The third-order valence-electron chi connectivity index (χ3n) is 6.99. The number of ketones is 1. The van der Waals surface area contributed by atoms with Crippen LogP contribution in [-0.4, -0.2) is 35.8 Å². The monoisotopic (exact) mass is 438 g/mol. The Morgan fingerprint density at radius 2 is 1.84 bits per heavy atom. The summed E-state index contributed by atoms with van der Waals surface area (Å²) >= 11 is 5.99. The van der Waals surface area contributed by atoms with Gasteiger partial charge in [0.25, 0.3) is 0 Å². The van der Waals surface area contributed by atoms with E-state index in [4.69, 9.17) is 11.6 Å². The molecule has 0 atom stereocenters. The number of fused-ring (bicyclic) bond motifs is 1. The first-order chi connectivity index (χ1) is 14.9. The van der Waals surface area contributed by atoms with Crippen LogP contribution in [0.1, 0.15) is 56.7 Å². The fourth-order valence-electron chi connectivity index (χ4n) is 4.99. The minimum Gasteiger partial charge on any atom is -0.322 e. The standard InChI is InChI=1S/C26H31ClN2O2/c1-4-28(18(2)3)25(31)29-15-12-20-17-21(8-11-23(20)29)26(13-5-14-26)24(30)16-19-6-9-22(27)10-7-19/h6-11,17-18H,4-5,12-16H2,1-3H3. The Morgan fingerprint density at radius 3 is 2.42 bits per heavy atom. The maximum atomic E-state index is 13.4. The Balaban J connectivity index is 1.57. The molecule has 0 N–H and O–H groups in total. The molecule has 5 heteroatoms. The molecule has 2 amide bonds. The maximum Gasteiger partial charge on any atom is 0.324 e. The van der Waals surface area contributed by atoms with Gasteiger partial charge in [-0.3, -0.25) is 9.69 Å². The molecule has 0 unspecified atom stereocenters. The van der Waals surface area contributed by atoms with Gasteiger partial charge in [-0.25, -0.2) is 4.79 Å². The lowest BCUT2D eigenvalue weighted by atomic mass is 9.61. The van der Waals surface area contributed by atoms with Crippen molar-refractivity contribution in [3.05, 3.63) is 64.2 Å². The van der Waals surface area contributed by atoms with Crippen molar-refractivity contribution in [3.8, 4) is 0 Å². The fourth-order valence-corrected chi connectivity index (χ4v) is 5.12. The summed E-state index contributed by atoms with van der Waals surface area (Å²) in [6.07, 6.45) is 4.15. The van der Waals surface area contributed by atoms with Crippen LogP contribution < -0.4 is 4.90 Å². The second-order valence-corrected chi connectivity index (χ2v) is 9.51. The highest BCUT2D eigenvalue weighted by Crippen LogP contribution is 2.46. The predicted molar refractivity (Wildman–Crippen MR) is 126 cm³/mol. The maximum absolute atomic E-state index is 13.4. The molecule has 4 nitrogen and oxygen atoms in total. The van der Waals surface area contributed by atoms with Crippen LogP contribution in [0.2, 0.25) is 5.02 Å². The zero-order chi connectivity index (χ0) is 22.2. The van der Waals surface area contributed by atoms with Crippen LogP contribution in [0.4, 0.5) is 10.5 Å². The van der Waals surface area contributed by atoms with Crippen LogP contribution in [0.5, 0.6) is 0 Å². The van der Waals surface area contributed by atoms with Gasteiger partial charge in [-0.2, -0.15) is 0 Å². The van der Waals surface area contributed by atoms with Crippen LogP contribution in [0.25, 0.3) is 0 Å². The van der Waals surface area contributed by atoms with Crippen LogP contribution in [0, 0.1) is 0 Å². The second-order valence-electron chi connectivity index (χ2n) is 9.07. The topological polar surface area (TPSA) is 40.6 Å². The first-order valence-electron chi connectivity index (χ1n) is 11.3. The molecule has 1 heterocycles. The van der Waals surface area contributed by atoms with E-state index in [1.807, 2.05) is 54.8 Å². The summed E-state index contributed by atoms with van der Waals surface area (Å²) in [4.78, 5) is 30.2. The molecule has 164 valence electrons. The number of benzene rings is 2. The first-order valence-corrected chi connectivity index (χ1v) is 11.7. The Hall–Kier alpha value is -2.33. The average molecular weight is 439 g/mol. The summed E-state index contributed by atoms with van der Waals surface area (Å²) in [6.45, 7) is 7.52. The fraction of sp³-hybridized carbons (Fsp3) is 0.462. The molecule has 0 spiro atoms. The minimum atomic E-state index is -0.389. The predicted octanol–water partition coefficient (Wildman–Crippen LogP) is 5.79. The van der Waals surface area contributed by atoms with Crippen molar-refractivity contribution in [2.24, 2.45) is 0 Å². The largest absolute Gasteiger partial charge is 0.324 e. The lowest BCUT2D eigenvalue weighted by molar-refractivity contribution is -0.127. The first kappa shape index (κ1) is 21.9. The highest BCUT2D eigenvalue weighted by Gasteiger charge is 2.45. The van der Waals surface area contributed by atoms with Gasteiger partial charge >= 0.3 is 6.03 Å². The van der Waals surface area contributed by atoms with E-state index in [1.165, 1.54) is 5.56 Å². The van der Waals surface area contributed by atoms with E-state index >= 15 is 0 Å². The van der Waals surface area contributed by atoms with E-state index in [1.54, 1.807) is 0 Å². The van der Waals surface area contributed by atoms with E-state index in [2.05, 4.69) is 18.2 Å². The van der Waals surface area contributed by atoms with E-state index in [0.29, 0.717) is 24.5 Å². The smallest absolute Gasteiger partial charge is 0.322 e. The number of carbonyl (C=O) groups is 2. The number of amides is 2.